The summed E-state index contributed by atoms with van der Waals surface area (Å²) in [7, 11) is 0. The molecule has 0 fully saturated rings. The van der Waals surface area contributed by atoms with E-state index in [0.29, 0.717) is 11.3 Å². The summed E-state index contributed by atoms with van der Waals surface area (Å²) in [6, 6.07) is 7.02. The molecule has 0 heterocycles. The molecule has 7 nitrogen and oxygen atoms in total. The molecule has 0 aliphatic heterocycles. The number of ketones is 1. The summed E-state index contributed by atoms with van der Waals surface area (Å²) in [4.78, 5) is 33.9. The summed E-state index contributed by atoms with van der Waals surface area (Å²) in [5, 5.41) is 22.6. The number of hydrogen-bond acceptors (Lipinski definition) is 5. The molecule has 1 rings (SSSR count). The number of carboxylic acids is 1. The van der Waals surface area contributed by atoms with Gasteiger partial charge in [-0.3, -0.25) is 14.4 Å². The maximum atomic E-state index is 11.9. The van der Waals surface area contributed by atoms with Crippen molar-refractivity contribution in [2.45, 2.75) is 19.9 Å². The summed E-state index contributed by atoms with van der Waals surface area (Å²) in [6.07, 6.45) is 1.04. The molecule has 7 heteroatoms. The van der Waals surface area contributed by atoms with Crippen LogP contribution in [0.1, 0.15) is 24.2 Å². The summed E-state index contributed by atoms with van der Waals surface area (Å²) < 4.78 is 0. The highest BCUT2D eigenvalue weighted by Crippen LogP contribution is 2.12. The van der Waals surface area contributed by atoms with Crippen LogP contribution in [-0.2, 0) is 9.59 Å². The molecule has 0 bridgehead atoms. The van der Waals surface area contributed by atoms with Crippen LogP contribution in [0.5, 0.6) is 0 Å². The topological polar surface area (TPSA) is 119 Å². The van der Waals surface area contributed by atoms with E-state index in [2.05, 4.69) is 10.6 Å². The molecule has 0 aromatic heterocycles. The fraction of sp³-hybridized carbons (Fsp3) is 0.200. The van der Waals surface area contributed by atoms with Crippen molar-refractivity contribution in [1.29, 1.82) is 5.26 Å². The third-order valence-corrected chi connectivity index (χ3v) is 2.74. The van der Waals surface area contributed by atoms with Crippen LogP contribution in [0.3, 0.4) is 0 Å². The molecule has 22 heavy (non-hydrogen) atoms. The number of nitrogens with zero attached hydrogens (tertiary/aromatic N) is 1. The number of anilines is 1. The fourth-order valence-electron chi connectivity index (χ4n) is 1.44. The maximum Gasteiger partial charge on any atom is 0.325 e. The number of nitriles is 1. The molecule has 0 spiro atoms. The number of benzene rings is 1. The average Bonchev–Trinajstić information content (AvgIpc) is 2.47. The minimum absolute atomic E-state index is 0.149. The van der Waals surface area contributed by atoms with Crippen molar-refractivity contribution in [2.24, 2.45) is 0 Å². The first kappa shape index (κ1) is 16.9. The Kier molecular flexibility index (Phi) is 5.84. The first-order valence-electron chi connectivity index (χ1n) is 6.36. The number of hydrogen-bond donors (Lipinski definition) is 3. The summed E-state index contributed by atoms with van der Waals surface area (Å²) in [5.41, 5.74) is 0.518. The average molecular weight is 301 g/mol. The molecule has 1 unspecified atom stereocenters. The van der Waals surface area contributed by atoms with Crippen LogP contribution in [-0.4, -0.2) is 28.8 Å². The molecule has 1 aromatic rings. The fourth-order valence-corrected chi connectivity index (χ4v) is 1.44. The Morgan fingerprint density at radius 1 is 1.36 bits per heavy atom. The van der Waals surface area contributed by atoms with Gasteiger partial charge < -0.3 is 15.7 Å². The zero-order valence-electron chi connectivity index (χ0n) is 12.1. The van der Waals surface area contributed by atoms with Gasteiger partial charge in [0.25, 0.3) is 5.91 Å². The monoisotopic (exact) mass is 301 g/mol. The molecular formula is C15H15N3O4. The Balaban J connectivity index is 2.84. The Morgan fingerprint density at radius 3 is 2.59 bits per heavy atom. The van der Waals surface area contributed by atoms with E-state index in [1.807, 2.05) is 0 Å². The molecule has 1 aromatic carbocycles. The second kappa shape index (κ2) is 7.59. The van der Waals surface area contributed by atoms with E-state index < -0.39 is 17.9 Å². The van der Waals surface area contributed by atoms with Gasteiger partial charge in [-0.25, -0.2) is 0 Å². The Morgan fingerprint density at radius 2 is 2.05 bits per heavy atom. The number of Topliss-reactive ketones (excluding diaryl/α,β-unsaturated/α-hetero) is 1. The van der Waals surface area contributed by atoms with E-state index in [-0.39, 0.29) is 11.4 Å². The predicted molar refractivity (Wildman–Crippen MR) is 79.0 cm³/mol. The zero-order chi connectivity index (χ0) is 16.7. The molecule has 3 N–H and O–H groups in total. The molecular weight excluding hydrogens is 286 g/mol. The summed E-state index contributed by atoms with van der Waals surface area (Å²) in [5.74, 6) is -1.96. The van der Waals surface area contributed by atoms with E-state index in [4.69, 9.17) is 10.4 Å². The van der Waals surface area contributed by atoms with Gasteiger partial charge in [0.15, 0.2) is 5.78 Å². The Bertz CT molecular complexity index is 674. The molecule has 0 aliphatic carbocycles. The number of nitrogens with one attached hydrogen (secondary N) is 2. The minimum atomic E-state index is -1.11. The highest BCUT2D eigenvalue weighted by molar-refractivity contribution is 6.07. The van der Waals surface area contributed by atoms with E-state index in [1.165, 1.54) is 19.9 Å². The first-order chi connectivity index (χ1) is 10.3. The van der Waals surface area contributed by atoms with Gasteiger partial charge >= 0.3 is 5.97 Å². The van der Waals surface area contributed by atoms with E-state index in [0.717, 1.165) is 6.20 Å². The van der Waals surface area contributed by atoms with Crippen LogP contribution in [0.4, 0.5) is 5.69 Å². The van der Waals surface area contributed by atoms with Gasteiger partial charge in [0.2, 0.25) is 0 Å². The Hall–Kier alpha value is -3.14. The lowest BCUT2D eigenvalue weighted by Crippen LogP contribution is -2.30. The molecule has 1 amide bonds. The van der Waals surface area contributed by atoms with Crippen molar-refractivity contribution in [3.05, 3.63) is 41.6 Å². The van der Waals surface area contributed by atoms with Gasteiger partial charge in [-0.1, -0.05) is 12.1 Å². The standard InChI is InChI=1S/C15H15N3O4/c1-9(15(21)22)17-8-12(7-16)14(20)18-13-5-3-4-11(6-13)10(2)19/h3-6,8-9,17H,1-2H3,(H,18,20)(H,21,22)/b12-8-. The number of carbonyl (C=O) groups excluding carboxylic acids is 2. The van der Waals surface area contributed by atoms with E-state index in [9.17, 15) is 14.4 Å². The molecule has 114 valence electrons. The van der Waals surface area contributed by atoms with Gasteiger partial charge in [-0.05, 0) is 26.0 Å². The SMILES string of the molecule is CC(=O)c1cccc(NC(=O)/C(C#N)=C\NC(C)C(=O)O)c1. The number of rotatable bonds is 6. The number of amides is 1. The van der Waals surface area contributed by atoms with Gasteiger partial charge in [0, 0.05) is 17.5 Å². The van der Waals surface area contributed by atoms with Crippen molar-refractivity contribution in [3.63, 3.8) is 0 Å². The quantitative estimate of drug-likeness (QED) is 0.414. The van der Waals surface area contributed by atoms with Gasteiger partial charge in [-0.15, -0.1) is 0 Å². The van der Waals surface area contributed by atoms with Gasteiger partial charge in [-0.2, -0.15) is 5.26 Å². The van der Waals surface area contributed by atoms with E-state index >= 15 is 0 Å². The second-order valence-electron chi connectivity index (χ2n) is 4.49. The normalized spacial score (nSPS) is 12.0. The number of carboxylic acid groups (broad SMARTS) is 1. The van der Waals surface area contributed by atoms with Crippen LogP contribution in [0.25, 0.3) is 0 Å². The molecule has 0 saturated carbocycles. The molecule has 0 radical (unpaired) electrons. The number of carbonyl (C=O) groups is 3. The number of aliphatic carboxylic acids is 1. The summed E-state index contributed by atoms with van der Waals surface area (Å²) >= 11 is 0. The smallest absolute Gasteiger partial charge is 0.325 e. The highest BCUT2D eigenvalue weighted by Gasteiger charge is 2.13. The maximum absolute atomic E-state index is 11.9. The van der Waals surface area contributed by atoms with Crippen molar-refractivity contribution in [1.82, 2.24) is 5.32 Å². The lowest BCUT2D eigenvalue weighted by atomic mass is 10.1. The second-order valence-corrected chi connectivity index (χ2v) is 4.49. The van der Waals surface area contributed by atoms with Gasteiger partial charge in [0.05, 0.1) is 0 Å². The lowest BCUT2D eigenvalue weighted by Gasteiger charge is -2.08. The van der Waals surface area contributed by atoms with Crippen LogP contribution >= 0.6 is 0 Å². The zero-order valence-corrected chi connectivity index (χ0v) is 12.1. The lowest BCUT2D eigenvalue weighted by molar-refractivity contribution is -0.138. The van der Waals surface area contributed by atoms with Crippen molar-refractivity contribution >= 4 is 23.3 Å². The van der Waals surface area contributed by atoms with Crippen LogP contribution < -0.4 is 10.6 Å². The summed E-state index contributed by atoms with van der Waals surface area (Å²) in [6.45, 7) is 2.78. The van der Waals surface area contributed by atoms with Crippen LogP contribution in [0, 0.1) is 11.3 Å². The van der Waals surface area contributed by atoms with Crippen LogP contribution in [0.2, 0.25) is 0 Å². The largest absolute Gasteiger partial charge is 0.480 e. The van der Waals surface area contributed by atoms with Crippen molar-refractivity contribution < 1.29 is 19.5 Å². The van der Waals surface area contributed by atoms with Crippen molar-refractivity contribution in [2.75, 3.05) is 5.32 Å². The Labute approximate surface area is 127 Å². The van der Waals surface area contributed by atoms with Crippen molar-refractivity contribution in [3.8, 4) is 6.07 Å². The first-order valence-corrected chi connectivity index (χ1v) is 6.36. The molecule has 1 atom stereocenters. The molecule has 0 saturated heterocycles. The third kappa shape index (κ3) is 4.76. The van der Waals surface area contributed by atoms with E-state index in [1.54, 1.807) is 24.3 Å². The third-order valence-electron chi connectivity index (χ3n) is 2.74. The molecule has 0 aliphatic rings. The van der Waals surface area contributed by atoms with Crippen LogP contribution in [0.15, 0.2) is 36.0 Å². The predicted octanol–water partition coefficient (Wildman–Crippen LogP) is 1.30. The van der Waals surface area contributed by atoms with Gasteiger partial charge in [0.1, 0.15) is 17.7 Å². The minimum Gasteiger partial charge on any atom is -0.480 e. The highest BCUT2D eigenvalue weighted by atomic mass is 16.4.